The highest BCUT2D eigenvalue weighted by atomic mass is 19.1. The van der Waals surface area contributed by atoms with Crippen LogP contribution in [0.5, 0.6) is 0 Å². The van der Waals surface area contributed by atoms with Gasteiger partial charge in [0.15, 0.2) is 0 Å². The SMILES string of the molecule is CCc1ccc(F)c(C2(N)CCC2)c1F. The van der Waals surface area contributed by atoms with E-state index >= 15 is 0 Å². The van der Waals surface area contributed by atoms with Gasteiger partial charge in [-0.15, -0.1) is 0 Å². The van der Waals surface area contributed by atoms with E-state index in [1.165, 1.54) is 12.1 Å². The Morgan fingerprint density at radius 3 is 2.47 bits per heavy atom. The van der Waals surface area contributed by atoms with Gasteiger partial charge in [-0.05, 0) is 37.3 Å². The summed E-state index contributed by atoms with van der Waals surface area (Å²) in [6.07, 6.45) is 2.86. The van der Waals surface area contributed by atoms with Crippen LogP contribution in [-0.2, 0) is 12.0 Å². The molecule has 3 heteroatoms. The summed E-state index contributed by atoms with van der Waals surface area (Å²) in [6.45, 7) is 1.85. The monoisotopic (exact) mass is 211 g/mol. The van der Waals surface area contributed by atoms with Gasteiger partial charge in [-0.2, -0.15) is 0 Å². The van der Waals surface area contributed by atoms with E-state index in [0.29, 0.717) is 24.8 Å². The smallest absolute Gasteiger partial charge is 0.134 e. The average Bonchev–Trinajstić information content (AvgIpc) is 2.15. The van der Waals surface area contributed by atoms with Gasteiger partial charge in [0.25, 0.3) is 0 Å². The van der Waals surface area contributed by atoms with Gasteiger partial charge in [-0.25, -0.2) is 8.78 Å². The highest BCUT2D eigenvalue weighted by Crippen LogP contribution is 2.41. The number of aryl methyl sites for hydroxylation is 1. The highest BCUT2D eigenvalue weighted by molar-refractivity contribution is 5.34. The maximum atomic E-state index is 13.9. The van der Waals surface area contributed by atoms with Crippen LogP contribution in [0, 0.1) is 11.6 Å². The molecule has 0 atom stereocenters. The lowest BCUT2D eigenvalue weighted by Crippen LogP contribution is -2.45. The van der Waals surface area contributed by atoms with Gasteiger partial charge in [0.1, 0.15) is 11.6 Å². The van der Waals surface area contributed by atoms with Crippen molar-refractivity contribution < 1.29 is 8.78 Å². The molecule has 0 amide bonds. The van der Waals surface area contributed by atoms with E-state index < -0.39 is 17.2 Å². The van der Waals surface area contributed by atoms with Gasteiger partial charge in [0.05, 0.1) is 0 Å². The minimum absolute atomic E-state index is 0.0908. The Morgan fingerprint density at radius 1 is 1.33 bits per heavy atom. The summed E-state index contributed by atoms with van der Waals surface area (Å²) in [5.74, 6) is -0.952. The topological polar surface area (TPSA) is 26.0 Å². The van der Waals surface area contributed by atoms with Crippen LogP contribution in [0.4, 0.5) is 8.78 Å². The van der Waals surface area contributed by atoms with Gasteiger partial charge in [0, 0.05) is 11.1 Å². The van der Waals surface area contributed by atoms with Crippen molar-refractivity contribution in [2.24, 2.45) is 5.73 Å². The van der Waals surface area contributed by atoms with Crippen LogP contribution in [0.2, 0.25) is 0 Å². The number of halogens is 2. The number of hydrogen-bond donors (Lipinski definition) is 1. The molecule has 1 nitrogen and oxygen atoms in total. The third-order valence-corrected chi connectivity index (χ3v) is 3.30. The van der Waals surface area contributed by atoms with Gasteiger partial charge >= 0.3 is 0 Å². The molecule has 1 aliphatic rings. The molecule has 1 aliphatic carbocycles. The summed E-state index contributed by atoms with van der Waals surface area (Å²) in [6, 6.07) is 2.82. The fourth-order valence-electron chi connectivity index (χ4n) is 2.13. The predicted molar refractivity (Wildman–Crippen MR) is 55.5 cm³/mol. The fraction of sp³-hybridized carbons (Fsp3) is 0.500. The highest BCUT2D eigenvalue weighted by Gasteiger charge is 2.39. The van der Waals surface area contributed by atoms with Gasteiger partial charge in [-0.3, -0.25) is 0 Å². The zero-order valence-electron chi connectivity index (χ0n) is 8.82. The second-order valence-corrected chi connectivity index (χ2v) is 4.26. The molecule has 0 bridgehead atoms. The minimum Gasteiger partial charge on any atom is -0.321 e. The molecule has 0 aliphatic heterocycles. The molecule has 1 fully saturated rings. The van der Waals surface area contributed by atoms with Crippen molar-refractivity contribution in [3.63, 3.8) is 0 Å². The Hall–Kier alpha value is -0.960. The maximum Gasteiger partial charge on any atom is 0.134 e. The summed E-state index contributed by atoms with van der Waals surface area (Å²) >= 11 is 0. The van der Waals surface area contributed by atoms with Crippen LogP contribution >= 0.6 is 0 Å². The molecule has 1 aromatic carbocycles. The van der Waals surface area contributed by atoms with Crippen molar-refractivity contribution >= 4 is 0 Å². The third kappa shape index (κ3) is 1.55. The van der Waals surface area contributed by atoms with Crippen LogP contribution in [-0.4, -0.2) is 0 Å². The van der Waals surface area contributed by atoms with Crippen molar-refractivity contribution in [3.8, 4) is 0 Å². The quantitative estimate of drug-likeness (QED) is 0.799. The molecule has 0 spiro atoms. The molecular weight excluding hydrogens is 196 g/mol. The van der Waals surface area contributed by atoms with Crippen LogP contribution < -0.4 is 5.73 Å². The summed E-state index contributed by atoms with van der Waals surface area (Å²) in [5, 5.41) is 0. The number of benzene rings is 1. The van der Waals surface area contributed by atoms with Crippen LogP contribution in [0.3, 0.4) is 0 Å². The third-order valence-electron chi connectivity index (χ3n) is 3.30. The summed E-state index contributed by atoms with van der Waals surface area (Å²) in [5.41, 5.74) is 5.84. The number of nitrogens with two attached hydrogens (primary N) is 1. The Kier molecular flexibility index (Phi) is 2.51. The lowest BCUT2D eigenvalue weighted by atomic mass is 9.72. The summed E-state index contributed by atoms with van der Waals surface area (Å²) in [4.78, 5) is 0. The van der Waals surface area contributed by atoms with E-state index in [1.807, 2.05) is 6.92 Å². The molecule has 1 saturated carbocycles. The van der Waals surface area contributed by atoms with E-state index in [0.717, 1.165) is 6.42 Å². The van der Waals surface area contributed by atoms with Gasteiger partial charge in [0.2, 0.25) is 0 Å². The predicted octanol–water partition coefficient (Wildman–Crippen LogP) is 2.87. The first-order valence-corrected chi connectivity index (χ1v) is 5.35. The Morgan fingerprint density at radius 2 is 2.00 bits per heavy atom. The minimum atomic E-state index is -0.765. The largest absolute Gasteiger partial charge is 0.321 e. The number of rotatable bonds is 2. The number of hydrogen-bond acceptors (Lipinski definition) is 1. The molecule has 2 rings (SSSR count). The summed E-state index contributed by atoms with van der Waals surface area (Å²) < 4.78 is 27.5. The molecule has 0 unspecified atom stereocenters. The molecule has 82 valence electrons. The molecular formula is C12H15F2N. The van der Waals surface area contributed by atoms with Crippen LogP contribution in [0.15, 0.2) is 12.1 Å². The lowest BCUT2D eigenvalue weighted by molar-refractivity contribution is 0.235. The zero-order chi connectivity index (χ0) is 11.1. The van der Waals surface area contributed by atoms with E-state index in [1.54, 1.807) is 0 Å². The molecule has 2 N–H and O–H groups in total. The van der Waals surface area contributed by atoms with E-state index in [-0.39, 0.29) is 5.56 Å². The zero-order valence-corrected chi connectivity index (χ0v) is 8.82. The standard InChI is InChI=1S/C12H15F2N/c1-2-8-4-5-9(13)10(11(8)14)12(15)6-3-7-12/h4-5H,2-3,6-7,15H2,1H3. The van der Waals surface area contributed by atoms with Gasteiger partial charge < -0.3 is 5.73 Å². The first-order valence-electron chi connectivity index (χ1n) is 5.35. The molecule has 15 heavy (non-hydrogen) atoms. The average molecular weight is 211 g/mol. The van der Waals surface area contributed by atoms with Crippen molar-refractivity contribution in [1.29, 1.82) is 0 Å². The second kappa shape index (κ2) is 3.56. The molecule has 0 radical (unpaired) electrons. The lowest BCUT2D eigenvalue weighted by Gasteiger charge is -2.39. The van der Waals surface area contributed by atoms with Gasteiger partial charge in [-0.1, -0.05) is 13.0 Å². The summed E-state index contributed by atoms with van der Waals surface area (Å²) in [7, 11) is 0. The van der Waals surface area contributed by atoms with Crippen molar-refractivity contribution in [2.75, 3.05) is 0 Å². The van der Waals surface area contributed by atoms with E-state index in [2.05, 4.69) is 0 Å². The second-order valence-electron chi connectivity index (χ2n) is 4.26. The molecule has 1 aromatic rings. The Balaban J connectivity index is 2.53. The fourth-order valence-corrected chi connectivity index (χ4v) is 2.13. The molecule has 0 aromatic heterocycles. The first kappa shape index (κ1) is 10.6. The Bertz CT molecular complexity index is 383. The molecule has 0 heterocycles. The van der Waals surface area contributed by atoms with Crippen molar-refractivity contribution in [2.45, 2.75) is 38.1 Å². The van der Waals surface area contributed by atoms with E-state index in [4.69, 9.17) is 5.73 Å². The normalized spacial score (nSPS) is 18.7. The van der Waals surface area contributed by atoms with Crippen molar-refractivity contribution in [1.82, 2.24) is 0 Å². The van der Waals surface area contributed by atoms with E-state index in [9.17, 15) is 8.78 Å². The van der Waals surface area contributed by atoms with Crippen LogP contribution in [0.25, 0.3) is 0 Å². The Labute approximate surface area is 88.3 Å². The van der Waals surface area contributed by atoms with Crippen LogP contribution in [0.1, 0.15) is 37.3 Å². The maximum absolute atomic E-state index is 13.9. The first-order chi connectivity index (χ1) is 7.08. The molecule has 0 saturated heterocycles. The van der Waals surface area contributed by atoms with Crippen molar-refractivity contribution in [3.05, 3.63) is 34.9 Å².